The first kappa shape index (κ1) is 13.0. The van der Waals surface area contributed by atoms with Gasteiger partial charge in [-0.25, -0.2) is 0 Å². The molecule has 16 heavy (non-hydrogen) atoms. The highest BCUT2D eigenvalue weighted by atomic mass is 16.5. The van der Waals surface area contributed by atoms with E-state index in [4.69, 9.17) is 9.84 Å². The Morgan fingerprint density at radius 3 is 2.88 bits per heavy atom. The maximum Gasteiger partial charge on any atom is 0.0753 e. The van der Waals surface area contributed by atoms with E-state index < -0.39 is 0 Å². The number of aliphatic hydroxyl groups is 1. The molecule has 2 N–H and O–H groups in total. The van der Waals surface area contributed by atoms with E-state index in [-0.39, 0.29) is 18.7 Å². The summed E-state index contributed by atoms with van der Waals surface area (Å²) in [6.45, 7) is 2.74. The molecule has 0 fully saturated rings. The van der Waals surface area contributed by atoms with Crippen molar-refractivity contribution in [3.63, 3.8) is 0 Å². The lowest BCUT2D eigenvalue weighted by molar-refractivity contribution is 0.143. The highest BCUT2D eigenvalue weighted by Crippen LogP contribution is 2.09. The number of nitrogens with zero attached hydrogens (tertiary/aromatic N) is 2. The first-order chi connectivity index (χ1) is 7.77. The van der Waals surface area contributed by atoms with Crippen LogP contribution in [0.25, 0.3) is 0 Å². The van der Waals surface area contributed by atoms with E-state index in [9.17, 15) is 0 Å². The summed E-state index contributed by atoms with van der Waals surface area (Å²) >= 11 is 0. The summed E-state index contributed by atoms with van der Waals surface area (Å²) in [6.07, 6.45) is 5.72. The highest BCUT2D eigenvalue weighted by molar-refractivity contribution is 5.01. The van der Waals surface area contributed by atoms with Gasteiger partial charge < -0.3 is 15.2 Å². The van der Waals surface area contributed by atoms with Crippen LogP contribution in [0.5, 0.6) is 0 Å². The van der Waals surface area contributed by atoms with Crippen LogP contribution >= 0.6 is 0 Å². The highest BCUT2D eigenvalue weighted by Gasteiger charge is 2.13. The van der Waals surface area contributed by atoms with E-state index in [0.29, 0.717) is 13.0 Å². The quantitative estimate of drug-likeness (QED) is 0.708. The van der Waals surface area contributed by atoms with Crippen molar-refractivity contribution in [2.75, 3.05) is 20.3 Å². The summed E-state index contributed by atoms with van der Waals surface area (Å²) in [7, 11) is 1.65. The van der Waals surface area contributed by atoms with Crippen LogP contribution in [-0.2, 0) is 4.74 Å². The number of hydrogen-bond acceptors (Lipinski definition) is 5. The van der Waals surface area contributed by atoms with E-state index in [0.717, 1.165) is 5.69 Å². The Bertz CT molecular complexity index is 276. The normalized spacial score (nSPS) is 14.7. The molecule has 0 aliphatic rings. The second-order valence-electron chi connectivity index (χ2n) is 3.68. The summed E-state index contributed by atoms with van der Waals surface area (Å²) in [4.78, 5) is 8.25. The molecule has 2 atom stereocenters. The number of hydrogen-bond donors (Lipinski definition) is 2. The van der Waals surface area contributed by atoms with Gasteiger partial charge in [0.25, 0.3) is 0 Å². The van der Waals surface area contributed by atoms with Gasteiger partial charge in [-0.3, -0.25) is 9.97 Å². The Labute approximate surface area is 95.9 Å². The minimum Gasteiger partial charge on any atom is -0.396 e. The van der Waals surface area contributed by atoms with Crippen LogP contribution in [0.1, 0.15) is 25.1 Å². The number of nitrogens with one attached hydrogen (secondary N) is 1. The monoisotopic (exact) mass is 225 g/mol. The molecule has 0 amide bonds. The molecule has 0 aliphatic heterocycles. The molecule has 1 aromatic heterocycles. The third kappa shape index (κ3) is 4.22. The van der Waals surface area contributed by atoms with E-state index in [1.54, 1.807) is 25.7 Å². The Morgan fingerprint density at radius 2 is 2.31 bits per heavy atom. The van der Waals surface area contributed by atoms with Crippen molar-refractivity contribution >= 4 is 0 Å². The third-order valence-electron chi connectivity index (χ3n) is 2.36. The zero-order valence-electron chi connectivity index (χ0n) is 9.76. The summed E-state index contributed by atoms with van der Waals surface area (Å²) in [5.41, 5.74) is 0.890. The molecule has 0 aliphatic carbocycles. The van der Waals surface area contributed by atoms with Gasteiger partial charge in [0, 0.05) is 44.4 Å². The van der Waals surface area contributed by atoms with Crippen LogP contribution in [0.3, 0.4) is 0 Å². The largest absolute Gasteiger partial charge is 0.396 e. The Hall–Kier alpha value is -1.04. The fourth-order valence-electron chi connectivity index (χ4n) is 1.54. The van der Waals surface area contributed by atoms with Gasteiger partial charge >= 0.3 is 0 Å². The van der Waals surface area contributed by atoms with Crippen molar-refractivity contribution < 1.29 is 9.84 Å². The van der Waals surface area contributed by atoms with Gasteiger partial charge in [-0.05, 0) is 13.3 Å². The number of rotatable bonds is 7. The van der Waals surface area contributed by atoms with E-state index in [1.807, 2.05) is 6.92 Å². The van der Waals surface area contributed by atoms with E-state index in [2.05, 4.69) is 15.3 Å². The van der Waals surface area contributed by atoms with Crippen LogP contribution in [-0.4, -0.2) is 41.4 Å². The predicted molar refractivity (Wildman–Crippen MR) is 60.9 cm³/mol. The smallest absolute Gasteiger partial charge is 0.0753 e. The fourth-order valence-corrected chi connectivity index (χ4v) is 1.54. The molecular formula is C11H19N3O2. The van der Waals surface area contributed by atoms with Crippen molar-refractivity contribution in [3.8, 4) is 0 Å². The molecule has 90 valence electrons. The van der Waals surface area contributed by atoms with Crippen LogP contribution < -0.4 is 5.32 Å². The first-order valence-corrected chi connectivity index (χ1v) is 5.39. The molecule has 1 rings (SSSR count). The Morgan fingerprint density at radius 1 is 1.50 bits per heavy atom. The van der Waals surface area contributed by atoms with Crippen molar-refractivity contribution in [1.29, 1.82) is 0 Å². The Kier molecular flexibility index (Phi) is 5.92. The summed E-state index contributed by atoms with van der Waals surface area (Å²) in [6, 6.07) is 0.229. The molecule has 0 aromatic carbocycles. The molecule has 1 heterocycles. The van der Waals surface area contributed by atoms with Crippen molar-refractivity contribution in [2.45, 2.75) is 25.4 Å². The van der Waals surface area contributed by atoms with Crippen LogP contribution in [0.2, 0.25) is 0 Å². The van der Waals surface area contributed by atoms with Gasteiger partial charge in [-0.15, -0.1) is 0 Å². The maximum atomic E-state index is 8.92. The van der Waals surface area contributed by atoms with Gasteiger partial charge in [-0.1, -0.05) is 0 Å². The van der Waals surface area contributed by atoms with Gasteiger partial charge in [0.05, 0.1) is 12.3 Å². The zero-order valence-corrected chi connectivity index (χ0v) is 9.76. The van der Waals surface area contributed by atoms with Gasteiger partial charge in [0.2, 0.25) is 0 Å². The Balaban J connectivity index is 2.50. The lowest BCUT2D eigenvalue weighted by Crippen LogP contribution is -2.36. The van der Waals surface area contributed by atoms with Crippen molar-refractivity contribution in [1.82, 2.24) is 15.3 Å². The molecule has 0 radical (unpaired) electrons. The molecule has 0 bridgehead atoms. The van der Waals surface area contributed by atoms with Crippen LogP contribution in [0.4, 0.5) is 0 Å². The SMILES string of the molecule is COCC(CCO)NC(C)c1cnccn1. The molecule has 0 saturated heterocycles. The average Bonchev–Trinajstić information content (AvgIpc) is 2.31. The summed E-state index contributed by atoms with van der Waals surface area (Å²) in [5, 5.41) is 12.3. The second-order valence-corrected chi connectivity index (χ2v) is 3.68. The van der Waals surface area contributed by atoms with Gasteiger partial charge in [-0.2, -0.15) is 0 Å². The second kappa shape index (κ2) is 7.27. The molecule has 5 nitrogen and oxygen atoms in total. The van der Waals surface area contributed by atoms with E-state index >= 15 is 0 Å². The maximum absolute atomic E-state index is 8.92. The van der Waals surface area contributed by atoms with E-state index in [1.165, 1.54) is 0 Å². The zero-order chi connectivity index (χ0) is 11.8. The number of aromatic nitrogens is 2. The third-order valence-corrected chi connectivity index (χ3v) is 2.36. The van der Waals surface area contributed by atoms with Crippen molar-refractivity contribution in [2.24, 2.45) is 0 Å². The van der Waals surface area contributed by atoms with Crippen molar-refractivity contribution in [3.05, 3.63) is 24.3 Å². The number of methoxy groups -OCH3 is 1. The minimum atomic E-state index is 0.0976. The molecule has 5 heteroatoms. The standard InChI is InChI=1S/C11H19N3O2/c1-9(11-7-12-4-5-13-11)14-10(3-6-15)8-16-2/h4-5,7,9-10,14-15H,3,6,8H2,1-2H3. The number of aliphatic hydroxyl groups excluding tert-OH is 1. The molecule has 0 spiro atoms. The van der Waals surface area contributed by atoms with Crippen LogP contribution in [0.15, 0.2) is 18.6 Å². The van der Waals surface area contributed by atoms with Gasteiger partial charge in [0.1, 0.15) is 0 Å². The van der Waals surface area contributed by atoms with Gasteiger partial charge in [0.15, 0.2) is 0 Å². The first-order valence-electron chi connectivity index (χ1n) is 5.39. The molecule has 2 unspecified atom stereocenters. The van der Waals surface area contributed by atoms with Crippen LogP contribution in [0, 0.1) is 0 Å². The topological polar surface area (TPSA) is 67.3 Å². The lowest BCUT2D eigenvalue weighted by atomic mass is 10.1. The minimum absolute atomic E-state index is 0.0976. The molecular weight excluding hydrogens is 206 g/mol. The predicted octanol–water partition coefficient (Wildman–Crippen LogP) is 0.525. The molecule has 1 aromatic rings. The average molecular weight is 225 g/mol. The lowest BCUT2D eigenvalue weighted by Gasteiger charge is -2.21. The fraction of sp³-hybridized carbons (Fsp3) is 0.636. The summed E-state index contributed by atoms with van der Waals surface area (Å²) in [5.74, 6) is 0. The summed E-state index contributed by atoms with van der Waals surface area (Å²) < 4.78 is 5.08. The molecule has 0 saturated carbocycles. The number of ether oxygens (including phenoxy) is 1.